The van der Waals surface area contributed by atoms with Crippen molar-refractivity contribution in [2.75, 3.05) is 18.4 Å². The average Bonchev–Trinajstić information content (AvgIpc) is 3.54. The van der Waals surface area contributed by atoms with Gasteiger partial charge in [0.05, 0.1) is 23.3 Å². The number of hydrogen-bond donors (Lipinski definition) is 2. The number of carbonyl (C=O) groups excluding carboxylic acids is 2. The number of likely N-dealkylation sites (tertiary alicyclic amines) is 1. The Labute approximate surface area is 204 Å². The lowest BCUT2D eigenvalue weighted by molar-refractivity contribution is -0.131. The second-order valence-electron chi connectivity index (χ2n) is 10.1. The number of carbonyl (C=O) groups is 2. The van der Waals surface area contributed by atoms with Gasteiger partial charge in [0.1, 0.15) is 6.42 Å². The summed E-state index contributed by atoms with van der Waals surface area (Å²) in [7, 11) is 0. The quantitative estimate of drug-likeness (QED) is 0.509. The Morgan fingerprint density at radius 2 is 2.11 bits per heavy atom. The van der Waals surface area contributed by atoms with Crippen LogP contribution in [0.2, 0.25) is 0 Å². The highest BCUT2D eigenvalue weighted by Crippen LogP contribution is 2.27. The minimum atomic E-state index is -0.449. The lowest BCUT2D eigenvalue weighted by Gasteiger charge is -2.25. The Bertz CT molecular complexity index is 1230. The number of nitriles is 1. The van der Waals surface area contributed by atoms with Crippen LogP contribution >= 0.6 is 0 Å². The molecule has 10 nitrogen and oxygen atoms in total. The van der Waals surface area contributed by atoms with Crippen LogP contribution in [0.15, 0.2) is 35.0 Å². The molecule has 184 valence electrons. The zero-order valence-corrected chi connectivity index (χ0v) is 20.4. The van der Waals surface area contributed by atoms with Crippen molar-refractivity contribution in [3.05, 3.63) is 41.8 Å². The molecule has 0 bridgehead atoms. The number of imidazole rings is 1. The van der Waals surface area contributed by atoms with Gasteiger partial charge in [0, 0.05) is 38.3 Å². The van der Waals surface area contributed by atoms with Crippen molar-refractivity contribution in [1.82, 2.24) is 24.9 Å². The number of nitrogens with zero attached hydrogens (tertiary/aromatic N) is 5. The molecule has 1 aliphatic heterocycles. The zero-order valence-electron chi connectivity index (χ0n) is 20.4. The molecule has 35 heavy (non-hydrogen) atoms. The highest BCUT2D eigenvalue weighted by Gasteiger charge is 2.30. The molecular formula is C25H31N7O3. The first-order valence-electron chi connectivity index (χ1n) is 11.8. The maximum atomic E-state index is 12.7. The first-order valence-corrected chi connectivity index (χ1v) is 11.8. The highest BCUT2D eigenvalue weighted by atomic mass is 16.5. The predicted octanol–water partition coefficient (Wildman–Crippen LogP) is 3.32. The monoisotopic (exact) mass is 477 g/mol. The van der Waals surface area contributed by atoms with Gasteiger partial charge in [0.25, 0.3) is 5.91 Å². The number of fused-ring (bicyclic) bond motifs is 1. The van der Waals surface area contributed by atoms with Crippen molar-refractivity contribution in [1.29, 1.82) is 5.26 Å². The van der Waals surface area contributed by atoms with Crippen molar-refractivity contribution in [2.45, 2.75) is 59.2 Å². The van der Waals surface area contributed by atoms with Gasteiger partial charge in [-0.25, -0.2) is 4.98 Å². The molecule has 2 amide bonds. The second kappa shape index (κ2) is 10.3. The number of amides is 2. The molecule has 3 heterocycles. The van der Waals surface area contributed by atoms with E-state index in [4.69, 9.17) is 14.8 Å². The summed E-state index contributed by atoms with van der Waals surface area (Å²) in [6.07, 6.45) is 2.96. The van der Waals surface area contributed by atoms with Gasteiger partial charge in [-0.2, -0.15) is 5.26 Å². The standard InChI is InChI=1S/C25H31N7O3/c1-25(2,3)16-27-14-17-6-7-20-19(13-17)29-24(30-23(34)21-9-11-28-35-21)32(20)15-18-5-4-12-31(18)22(33)8-10-26/h6-7,9,11,13,18,27H,4-5,8,12,14-16H2,1-3H3,(H,29,30,34). The molecule has 1 aliphatic rings. The first-order chi connectivity index (χ1) is 16.7. The Kier molecular flexibility index (Phi) is 7.17. The van der Waals surface area contributed by atoms with E-state index in [1.54, 1.807) is 4.90 Å². The van der Waals surface area contributed by atoms with Gasteiger partial charge in [0.2, 0.25) is 17.6 Å². The number of benzene rings is 1. The summed E-state index contributed by atoms with van der Waals surface area (Å²) in [5.41, 5.74) is 2.88. The summed E-state index contributed by atoms with van der Waals surface area (Å²) in [6, 6.07) is 9.41. The number of nitrogens with one attached hydrogen (secondary N) is 2. The summed E-state index contributed by atoms with van der Waals surface area (Å²) < 4.78 is 6.92. The molecule has 4 rings (SSSR count). The van der Waals surface area contributed by atoms with Gasteiger partial charge in [-0.1, -0.05) is 32.0 Å². The molecule has 1 atom stereocenters. The zero-order chi connectivity index (χ0) is 25.0. The maximum absolute atomic E-state index is 12.7. The Balaban J connectivity index is 1.62. The Morgan fingerprint density at radius 1 is 1.29 bits per heavy atom. The number of aromatic nitrogens is 3. The van der Waals surface area contributed by atoms with E-state index >= 15 is 0 Å². The van der Waals surface area contributed by atoms with E-state index in [2.05, 4.69) is 36.6 Å². The normalized spacial score (nSPS) is 15.9. The smallest absolute Gasteiger partial charge is 0.296 e. The maximum Gasteiger partial charge on any atom is 0.296 e. The van der Waals surface area contributed by atoms with Crippen LogP contribution in [0, 0.1) is 16.7 Å². The SMILES string of the molecule is CC(C)(C)CNCc1ccc2c(c1)nc(NC(=O)c1ccno1)n2CC1CCCN1C(=O)CC#N. The van der Waals surface area contributed by atoms with E-state index in [1.165, 1.54) is 12.3 Å². The topological polar surface area (TPSA) is 129 Å². The summed E-state index contributed by atoms with van der Waals surface area (Å²) in [5.74, 6) is -0.156. The van der Waals surface area contributed by atoms with Crippen LogP contribution in [0.1, 0.15) is 56.2 Å². The van der Waals surface area contributed by atoms with E-state index in [-0.39, 0.29) is 29.5 Å². The van der Waals surface area contributed by atoms with Crippen molar-refractivity contribution in [3.8, 4) is 6.07 Å². The molecule has 0 aliphatic carbocycles. The average molecular weight is 478 g/mol. The molecule has 0 saturated carbocycles. The van der Waals surface area contributed by atoms with Crippen molar-refractivity contribution >= 4 is 28.8 Å². The lowest BCUT2D eigenvalue weighted by atomic mass is 9.97. The van der Waals surface area contributed by atoms with E-state index < -0.39 is 5.91 Å². The molecule has 1 saturated heterocycles. The molecule has 1 fully saturated rings. The van der Waals surface area contributed by atoms with Crippen LogP contribution < -0.4 is 10.6 Å². The highest BCUT2D eigenvalue weighted by molar-refractivity contribution is 6.02. The molecule has 2 aromatic heterocycles. The minimum Gasteiger partial charge on any atom is -0.351 e. The van der Waals surface area contributed by atoms with Crippen LogP contribution in [0.5, 0.6) is 0 Å². The molecule has 2 N–H and O–H groups in total. The predicted molar refractivity (Wildman–Crippen MR) is 130 cm³/mol. The van der Waals surface area contributed by atoms with E-state index in [0.29, 0.717) is 25.6 Å². The van der Waals surface area contributed by atoms with Gasteiger partial charge in [0.15, 0.2) is 0 Å². The molecule has 0 radical (unpaired) electrons. The van der Waals surface area contributed by atoms with Crippen LogP contribution in [0.3, 0.4) is 0 Å². The van der Waals surface area contributed by atoms with Gasteiger partial charge < -0.3 is 19.3 Å². The van der Waals surface area contributed by atoms with Gasteiger partial charge >= 0.3 is 0 Å². The fourth-order valence-electron chi connectivity index (χ4n) is 4.38. The largest absolute Gasteiger partial charge is 0.351 e. The Hall–Kier alpha value is -3.71. The fourth-order valence-corrected chi connectivity index (χ4v) is 4.38. The summed E-state index contributed by atoms with van der Waals surface area (Å²) >= 11 is 0. The molecule has 3 aromatic rings. The van der Waals surface area contributed by atoms with Gasteiger partial charge in [-0.15, -0.1) is 0 Å². The van der Waals surface area contributed by atoms with Crippen LogP contribution in [0.4, 0.5) is 5.95 Å². The van der Waals surface area contributed by atoms with Crippen molar-refractivity contribution in [3.63, 3.8) is 0 Å². The third kappa shape index (κ3) is 5.87. The molecule has 10 heteroatoms. The summed E-state index contributed by atoms with van der Waals surface area (Å²) in [6.45, 7) is 9.22. The van der Waals surface area contributed by atoms with Crippen molar-refractivity contribution < 1.29 is 14.1 Å². The fraction of sp³-hybridized carbons (Fsp3) is 0.480. The number of rotatable bonds is 8. The van der Waals surface area contributed by atoms with E-state index in [9.17, 15) is 9.59 Å². The van der Waals surface area contributed by atoms with Crippen molar-refractivity contribution in [2.24, 2.45) is 5.41 Å². The van der Waals surface area contributed by atoms with Gasteiger partial charge in [-0.05, 0) is 36.0 Å². The van der Waals surface area contributed by atoms with Crippen LogP contribution in [-0.2, 0) is 17.9 Å². The number of hydrogen-bond acceptors (Lipinski definition) is 7. The van der Waals surface area contributed by atoms with E-state index in [0.717, 1.165) is 36.0 Å². The third-order valence-electron chi connectivity index (χ3n) is 6.01. The van der Waals surface area contributed by atoms with E-state index in [1.807, 2.05) is 28.8 Å². The summed E-state index contributed by atoms with van der Waals surface area (Å²) in [5, 5.41) is 18.9. The summed E-state index contributed by atoms with van der Waals surface area (Å²) in [4.78, 5) is 31.6. The second-order valence-corrected chi connectivity index (χ2v) is 10.1. The minimum absolute atomic E-state index is 0.0812. The van der Waals surface area contributed by atoms with Gasteiger partial charge in [-0.3, -0.25) is 14.9 Å². The molecule has 0 spiro atoms. The molecule has 1 unspecified atom stereocenters. The molecular weight excluding hydrogens is 446 g/mol. The van der Waals surface area contributed by atoms with Crippen LogP contribution in [0.25, 0.3) is 11.0 Å². The van der Waals surface area contributed by atoms with Crippen LogP contribution in [-0.4, -0.2) is 50.6 Å². The lowest BCUT2D eigenvalue weighted by Crippen LogP contribution is -2.38. The third-order valence-corrected chi connectivity index (χ3v) is 6.01. The number of anilines is 1. The Morgan fingerprint density at radius 3 is 2.83 bits per heavy atom. The molecule has 1 aromatic carbocycles. The first kappa shape index (κ1) is 24.4.